The lowest BCUT2D eigenvalue weighted by molar-refractivity contribution is -0.160. The second-order valence-corrected chi connectivity index (χ2v) is 5.58. The van der Waals surface area contributed by atoms with Gasteiger partial charge in [0.05, 0.1) is 12.0 Å². The zero-order valence-electron chi connectivity index (χ0n) is 10.9. The van der Waals surface area contributed by atoms with Gasteiger partial charge in [0.25, 0.3) is 0 Å². The molecule has 3 rings (SSSR count). The number of carbonyl (C=O) groups is 2. The Labute approximate surface area is 112 Å². The van der Waals surface area contributed by atoms with E-state index in [1.165, 1.54) is 5.01 Å². The molecule has 19 heavy (non-hydrogen) atoms. The van der Waals surface area contributed by atoms with Crippen LogP contribution < -0.4 is 5.43 Å². The van der Waals surface area contributed by atoms with Gasteiger partial charge in [0.15, 0.2) is 0 Å². The second kappa shape index (κ2) is 4.68. The quantitative estimate of drug-likeness (QED) is 0.882. The van der Waals surface area contributed by atoms with E-state index in [2.05, 4.69) is 5.43 Å². The van der Waals surface area contributed by atoms with E-state index in [-0.39, 0.29) is 11.8 Å². The van der Waals surface area contributed by atoms with Crippen LogP contribution in [0.3, 0.4) is 0 Å². The standard InChI is InChI=1S/C15H18N2O2/c18-13-10-15(8-4-5-9-15)14(19)17(16-13)11-12-6-2-1-3-7-12/h1-3,6-7H,4-5,8-11H2,(H,16,18). The van der Waals surface area contributed by atoms with E-state index >= 15 is 0 Å². The van der Waals surface area contributed by atoms with Crippen LogP contribution in [-0.4, -0.2) is 16.8 Å². The van der Waals surface area contributed by atoms with E-state index in [9.17, 15) is 9.59 Å². The van der Waals surface area contributed by atoms with Gasteiger partial charge in [-0.25, -0.2) is 5.01 Å². The summed E-state index contributed by atoms with van der Waals surface area (Å²) in [5, 5.41) is 1.51. The highest BCUT2D eigenvalue weighted by Crippen LogP contribution is 2.44. The van der Waals surface area contributed by atoms with Gasteiger partial charge in [-0.15, -0.1) is 0 Å². The van der Waals surface area contributed by atoms with Crippen LogP contribution in [0.4, 0.5) is 0 Å². The summed E-state index contributed by atoms with van der Waals surface area (Å²) >= 11 is 0. The molecule has 2 aliphatic rings. The van der Waals surface area contributed by atoms with Gasteiger partial charge in [0, 0.05) is 6.42 Å². The average molecular weight is 258 g/mol. The van der Waals surface area contributed by atoms with Crippen molar-refractivity contribution in [2.24, 2.45) is 5.41 Å². The van der Waals surface area contributed by atoms with E-state index in [1.54, 1.807) is 0 Å². The second-order valence-electron chi connectivity index (χ2n) is 5.58. The minimum atomic E-state index is -0.420. The molecule has 1 spiro atoms. The fourth-order valence-electron chi connectivity index (χ4n) is 3.23. The summed E-state index contributed by atoms with van der Waals surface area (Å²) in [6.45, 7) is 0.452. The van der Waals surface area contributed by atoms with Crippen LogP contribution in [0.15, 0.2) is 30.3 Å². The first-order valence-corrected chi connectivity index (χ1v) is 6.85. The van der Waals surface area contributed by atoms with Crippen molar-refractivity contribution in [2.75, 3.05) is 0 Å². The predicted molar refractivity (Wildman–Crippen MR) is 70.7 cm³/mol. The fraction of sp³-hybridized carbons (Fsp3) is 0.467. The molecule has 0 unspecified atom stereocenters. The van der Waals surface area contributed by atoms with Crippen LogP contribution in [-0.2, 0) is 16.1 Å². The van der Waals surface area contributed by atoms with E-state index in [0.29, 0.717) is 13.0 Å². The zero-order chi connectivity index (χ0) is 13.3. The minimum Gasteiger partial charge on any atom is -0.273 e. The van der Waals surface area contributed by atoms with Gasteiger partial charge in [-0.05, 0) is 18.4 Å². The van der Waals surface area contributed by atoms with Crippen LogP contribution in [0, 0.1) is 5.41 Å². The smallest absolute Gasteiger partial charge is 0.248 e. The number of nitrogens with zero attached hydrogens (tertiary/aromatic N) is 1. The maximum Gasteiger partial charge on any atom is 0.248 e. The molecule has 1 N–H and O–H groups in total. The number of nitrogens with one attached hydrogen (secondary N) is 1. The Morgan fingerprint density at radius 3 is 2.47 bits per heavy atom. The van der Waals surface area contributed by atoms with Gasteiger partial charge in [0.1, 0.15) is 0 Å². The van der Waals surface area contributed by atoms with E-state index < -0.39 is 5.41 Å². The SMILES string of the molecule is O=C1CC2(CCCC2)C(=O)N(Cc2ccccc2)N1. The summed E-state index contributed by atoms with van der Waals surface area (Å²) in [7, 11) is 0. The minimum absolute atomic E-state index is 0.0302. The number of benzene rings is 1. The van der Waals surface area contributed by atoms with Crippen molar-refractivity contribution in [3.63, 3.8) is 0 Å². The molecule has 2 fully saturated rings. The zero-order valence-corrected chi connectivity index (χ0v) is 10.9. The lowest BCUT2D eigenvalue weighted by atomic mass is 9.80. The Morgan fingerprint density at radius 1 is 1.11 bits per heavy atom. The lowest BCUT2D eigenvalue weighted by Crippen LogP contribution is -2.57. The topological polar surface area (TPSA) is 49.4 Å². The highest BCUT2D eigenvalue weighted by molar-refractivity contribution is 5.94. The molecule has 1 aliphatic heterocycles. The third kappa shape index (κ3) is 2.23. The largest absolute Gasteiger partial charge is 0.273 e. The number of rotatable bonds is 2. The molecule has 1 aliphatic carbocycles. The summed E-state index contributed by atoms with van der Waals surface area (Å²) in [6.07, 6.45) is 4.17. The molecule has 1 saturated heterocycles. The first-order chi connectivity index (χ1) is 9.20. The number of hydrogen-bond donors (Lipinski definition) is 1. The molecule has 0 aromatic heterocycles. The third-order valence-electron chi connectivity index (χ3n) is 4.20. The molecule has 1 heterocycles. The van der Waals surface area contributed by atoms with Crippen molar-refractivity contribution in [3.05, 3.63) is 35.9 Å². The first-order valence-electron chi connectivity index (χ1n) is 6.85. The number of hydrogen-bond acceptors (Lipinski definition) is 2. The summed E-state index contributed by atoms with van der Waals surface area (Å²) < 4.78 is 0. The molecule has 1 saturated carbocycles. The summed E-state index contributed by atoms with van der Waals surface area (Å²) in [6, 6.07) is 9.76. The first kappa shape index (κ1) is 12.2. The molecule has 0 bridgehead atoms. The molecule has 0 atom stereocenters. The van der Waals surface area contributed by atoms with E-state index in [4.69, 9.17) is 0 Å². The van der Waals surface area contributed by atoms with Crippen LogP contribution in [0.5, 0.6) is 0 Å². The summed E-state index contributed by atoms with van der Waals surface area (Å²) in [5.74, 6) is 0.0610. The predicted octanol–water partition coefficient (Wildman–Crippen LogP) is 2.01. The molecular weight excluding hydrogens is 240 g/mol. The Balaban J connectivity index is 1.81. The molecule has 4 nitrogen and oxygen atoms in total. The Bertz CT molecular complexity index is 492. The van der Waals surface area contributed by atoms with Crippen molar-refractivity contribution in [3.8, 4) is 0 Å². The average Bonchev–Trinajstić information content (AvgIpc) is 2.86. The normalized spacial score (nSPS) is 21.8. The Hall–Kier alpha value is -1.84. The molecule has 4 heteroatoms. The number of carbonyl (C=O) groups excluding carboxylic acids is 2. The maximum absolute atomic E-state index is 12.6. The molecule has 100 valence electrons. The van der Waals surface area contributed by atoms with Crippen molar-refractivity contribution in [2.45, 2.75) is 38.6 Å². The van der Waals surface area contributed by atoms with Gasteiger partial charge in [0.2, 0.25) is 11.8 Å². The highest BCUT2D eigenvalue weighted by Gasteiger charge is 2.48. The maximum atomic E-state index is 12.6. The third-order valence-corrected chi connectivity index (χ3v) is 4.20. The van der Waals surface area contributed by atoms with E-state index in [1.807, 2.05) is 30.3 Å². The molecule has 2 amide bonds. The van der Waals surface area contributed by atoms with Crippen molar-refractivity contribution in [1.29, 1.82) is 0 Å². The molecule has 0 radical (unpaired) electrons. The lowest BCUT2D eigenvalue weighted by Gasteiger charge is -2.39. The van der Waals surface area contributed by atoms with Crippen molar-refractivity contribution in [1.82, 2.24) is 10.4 Å². The number of amides is 2. The van der Waals surface area contributed by atoms with E-state index in [0.717, 1.165) is 31.2 Å². The summed E-state index contributed by atoms with van der Waals surface area (Å²) in [5.41, 5.74) is 3.32. The highest BCUT2D eigenvalue weighted by atomic mass is 16.2. The van der Waals surface area contributed by atoms with Gasteiger partial charge in [-0.2, -0.15) is 0 Å². The Morgan fingerprint density at radius 2 is 1.79 bits per heavy atom. The van der Waals surface area contributed by atoms with Gasteiger partial charge < -0.3 is 0 Å². The number of hydrazine groups is 1. The van der Waals surface area contributed by atoms with Crippen LogP contribution in [0.1, 0.15) is 37.7 Å². The fourth-order valence-corrected chi connectivity index (χ4v) is 3.23. The van der Waals surface area contributed by atoms with Crippen LogP contribution in [0.25, 0.3) is 0 Å². The molecule has 1 aromatic carbocycles. The van der Waals surface area contributed by atoms with Gasteiger partial charge >= 0.3 is 0 Å². The molecular formula is C15H18N2O2. The van der Waals surface area contributed by atoms with Gasteiger partial charge in [-0.1, -0.05) is 43.2 Å². The van der Waals surface area contributed by atoms with Crippen molar-refractivity contribution < 1.29 is 9.59 Å². The van der Waals surface area contributed by atoms with Crippen LogP contribution >= 0.6 is 0 Å². The van der Waals surface area contributed by atoms with Crippen LogP contribution in [0.2, 0.25) is 0 Å². The monoisotopic (exact) mass is 258 g/mol. The molecule has 1 aromatic rings. The van der Waals surface area contributed by atoms with Gasteiger partial charge in [-0.3, -0.25) is 15.0 Å². The Kier molecular flexibility index (Phi) is 3.01. The van der Waals surface area contributed by atoms with Crippen molar-refractivity contribution >= 4 is 11.8 Å². The summed E-state index contributed by atoms with van der Waals surface area (Å²) in [4.78, 5) is 24.5.